The van der Waals surface area contributed by atoms with E-state index < -0.39 is 0 Å². The highest BCUT2D eigenvalue weighted by Crippen LogP contribution is 2.22. The Bertz CT molecular complexity index is 509. The van der Waals surface area contributed by atoms with Gasteiger partial charge < -0.3 is 4.40 Å². The van der Waals surface area contributed by atoms with Gasteiger partial charge in [-0.15, -0.1) is 0 Å². The first-order valence-electron chi connectivity index (χ1n) is 5.85. The topological polar surface area (TPSA) is 30.2 Å². The van der Waals surface area contributed by atoms with Gasteiger partial charge in [0.2, 0.25) is 0 Å². The molecule has 0 amide bonds. The first-order chi connectivity index (χ1) is 7.50. The summed E-state index contributed by atoms with van der Waals surface area (Å²) in [5, 5.41) is 0. The standard InChI is InChI=1S/C13H19N3/c1-8(2)11-7-16-10(5)14-6-12(16)13(15-11)9(3)4/h6-9H,1-5H3. The second-order valence-corrected chi connectivity index (χ2v) is 4.92. The van der Waals surface area contributed by atoms with Gasteiger partial charge in [0.25, 0.3) is 0 Å². The fourth-order valence-electron chi connectivity index (χ4n) is 1.87. The molecule has 0 radical (unpaired) electrons. The molecule has 2 aromatic heterocycles. The van der Waals surface area contributed by atoms with E-state index in [0.29, 0.717) is 11.8 Å². The zero-order chi connectivity index (χ0) is 11.9. The number of aromatic nitrogens is 3. The van der Waals surface area contributed by atoms with Crippen molar-refractivity contribution in [3.63, 3.8) is 0 Å². The van der Waals surface area contributed by atoms with Crippen molar-refractivity contribution < 1.29 is 0 Å². The van der Waals surface area contributed by atoms with Crippen LogP contribution in [0.25, 0.3) is 5.52 Å². The van der Waals surface area contributed by atoms with Gasteiger partial charge in [0.15, 0.2) is 0 Å². The Balaban J connectivity index is 2.75. The fraction of sp³-hybridized carbons (Fsp3) is 0.538. The molecule has 16 heavy (non-hydrogen) atoms. The lowest BCUT2D eigenvalue weighted by atomic mass is 10.1. The lowest BCUT2D eigenvalue weighted by molar-refractivity contribution is 0.752. The van der Waals surface area contributed by atoms with Crippen LogP contribution in [0.3, 0.4) is 0 Å². The molecule has 0 aromatic carbocycles. The van der Waals surface area contributed by atoms with Gasteiger partial charge in [-0.05, 0) is 18.8 Å². The van der Waals surface area contributed by atoms with Gasteiger partial charge in [-0.2, -0.15) is 0 Å². The molecule has 3 nitrogen and oxygen atoms in total. The maximum Gasteiger partial charge on any atom is 0.110 e. The van der Waals surface area contributed by atoms with Crippen molar-refractivity contribution >= 4 is 5.52 Å². The van der Waals surface area contributed by atoms with Crippen LogP contribution < -0.4 is 0 Å². The Kier molecular flexibility index (Phi) is 2.70. The fourth-order valence-corrected chi connectivity index (χ4v) is 1.87. The van der Waals surface area contributed by atoms with E-state index in [2.05, 4.69) is 43.3 Å². The number of rotatable bonds is 2. The molecule has 0 saturated heterocycles. The Labute approximate surface area is 96.5 Å². The van der Waals surface area contributed by atoms with Crippen LogP contribution in [0.5, 0.6) is 0 Å². The molecule has 0 unspecified atom stereocenters. The Morgan fingerprint density at radius 1 is 1.12 bits per heavy atom. The van der Waals surface area contributed by atoms with Crippen molar-refractivity contribution in [1.82, 2.24) is 14.4 Å². The van der Waals surface area contributed by atoms with Crippen LogP contribution in [0.15, 0.2) is 12.4 Å². The van der Waals surface area contributed by atoms with Crippen LogP contribution in [-0.2, 0) is 0 Å². The molecule has 0 saturated carbocycles. The van der Waals surface area contributed by atoms with E-state index in [4.69, 9.17) is 4.98 Å². The minimum atomic E-state index is 0.428. The summed E-state index contributed by atoms with van der Waals surface area (Å²) in [5.74, 6) is 1.90. The quantitative estimate of drug-likeness (QED) is 0.772. The zero-order valence-corrected chi connectivity index (χ0v) is 10.7. The molecule has 2 rings (SSSR count). The van der Waals surface area contributed by atoms with E-state index in [1.807, 2.05) is 13.1 Å². The van der Waals surface area contributed by atoms with Crippen LogP contribution in [0, 0.1) is 6.92 Å². The monoisotopic (exact) mass is 217 g/mol. The van der Waals surface area contributed by atoms with E-state index in [-0.39, 0.29) is 0 Å². The van der Waals surface area contributed by atoms with Gasteiger partial charge in [-0.3, -0.25) is 4.98 Å². The van der Waals surface area contributed by atoms with Gasteiger partial charge in [-0.1, -0.05) is 27.7 Å². The summed E-state index contributed by atoms with van der Waals surface area (Å²) in [4.78, 5) is 9.11. The summed E-state index contributed by atoms with van der Waals surface area (Å²) in [6.45, 7) is 10.7. The number of aryl methyl sites for hydroxylation is 1. The molecular formula is C13H19N3. The van der Waals surface area contributed by atoms with Crippen molar-refractivity contribution in [2.45, 2.75) is 46.5 Å². The van der Waals surface area contributed by atoms with Crippen molar-refractivity contribution in [3.05, 3.63) is 29.6 Å². The number of imidazole rings is 1. The van der Waals surface area contributed by atoms with Gasteiger partial charge in [-0.25, -0.2) is 4.98 Å². The van der Waals surface area contributed by atoms with Gasteiger partial charge in [0, 0.05) is 6.20 Å². The van der Waals surface area contributed by atoms with Crippen molar-refractivity contribution in [3.8, 4) is 0 Å². The van der Waals surface area contributed by atoms with Crippen LogP contribution in [0.1, 0.15) is 56.7 Å². The van der Waals surface area contributed by atoms with Crippen molar-refractivity contribution in [2.24, 2.45) is 0 Å². The number of hydrogen-bond acceptors (Lipinski definition) is 2. The summed E-state index contributed by atoms with van der Waals surface area (Å²) in [6.07, 6.45) is 4.02. The molecule has 3 heteroatoms. The third-order valence-electron chi connectivity index (χ3n) is 2.89. The van der Waals surface area contributed by atoms with Crippen LogP contribution in [0.4, 0.5) is 0 Å². The molecule has 2 aromatic rings. The average Bonchev–Trinajstić information content (AvgIpc) is 2.59. The van der Waals surface area contributed by atoms with Crippen LogP contribution in [-0.4, -0.2) is 14.4 Å². The molecule has 0 aliphatic rings. The lowest BCUT2D eigenvalue weighted by Gasteiger charge is -2.12. The van der Waals surface area contributed by atoms with E-state index in [9.17, 15) is 0 Å². The van der Waals surface area contributed by atoms with Crippen LogP contribution >= 0.6 is 0 Å². The number of fused-ring (bicyclic) bond motifs is 1. The molecule has 0 aliphatic carbocycles. The first-order valence-corrected chi connectivity index (χ1v) is 5.85. The number of nitrogens with zero attached hydrogens (tertiary/aromatic N) is 3. The SMILES string of the molecule is Cc1ncc2c(C(C)C)nc(C(C)C)cn12. The van der Waals surface area contributed by atoms with E-state index in [1.165, 1.54) is 0 Å². The summed E-state index contributed by atoms with van der Waals surface area (Å²) < 4.78 is 2.15. The zero-order valence-electron chi connectivity index (χ0n) is 10.7. The highest BCUT2D eigenvalue weighted by atomic mass is 15.0. The molecule has 0 atom stereocenters. The van der Waals surface area contributed by atoms with E-state index in [0.717, 1.165) is 22.7 Å². The maximum absolute atomic E-state index is 4.75. The first kappa shape index (κ1) is 11.1. The molecule has 0 N–H and O–H groups in total. The number of hydrogen-bond donors (Lipinski definition) is 0. The molecule has 86 valence electrons. The Morgan fingerprint density at radius 2 is 1.81 bits per heavy atom. The van der Waals surface area contributed by atoms with Gasteiger partial charge in [0.1, 0.15) is 5.82 Å². The summed E-state index contributed by atoms with van der Waals surface area (Å²) >= 11 is 0. The minimum Gasteiger partial charge on any atom is -0.300 e. The normalized spacial score (nSPS) is 11.9. The third kappa shape index (κ3) is 1.70. The highest BCUT2D eigenvalue weighted by molar-refractivity contribution is 5.52. The molecule has 2 heterocycles. The Hall–Kier alpha value is -1.38. The molecule has 0 aliphatic heterocycles. The third-order valence-corrected chi connectivity index (χ3v) is 2.89. The predicted molar refractivity (Wildman–Crippen MR) is 65.9 cm³/mol. The summed E-state index contributed by atoms with van der Waals surface area (Å²) in [6, 6.07) is 0. The lowest BCUT2D eigenvalue weighted by Crippen LogP contribution is -2.04. The maximum atomic E-state index is 4.75. The smallest absolute Gasteiger partial charge is 0.110 e. The van der Waals surface area contributed by atoms with Crippen molar-refractivity contribution in [2.75, 3.05) is 0 Å². The molecule has 0 bridgehead atoms. The largest absolute Gasteiger partial charge is 0.300 e. The van der Waals surface area contributed by atoms with E-state index >= 15 is 0 Å². The second kappa shape index (κ2) is 3.89. The molecule has 0 fully saturated rings. The summed E-state index contributed by atoms with van der Waals surface area (Å²) in [7, 11) is 0. The molecular weight excluding hydrogens is 198 g/mol. The van der Waals surface area contributed by atoms with Crippen LogP contribution in [0.2, 0.25) is 0 Å². The second-order valence-electron chi connectivity index (χ2n) is 4.92. The molecule has 0 spiro atoms. The average molecular weight is 217 g/mol. The Morgan fingerprint density at radius 3 is 2.38 bits per heavy atom. The predicted octanol–water partition coefficient (Wildman–Crippen LogP) is 3.28. The van der Waals surface area contributed by atoms with Gasteiger partial charge >= 0.3 is 0 Å². The van der Waals surface area contributed by atoms with Gasteiger partial charge in [0.05, 0.1) is 23.1 Å². The highest BCUT2D eigenvalue weighted by Gasteiger charge is 2.13. The van der Waals surface area contributed by atoms with Crippen molar-refractivity contribution in [1.29, 1.82) is 0 Å². The van der Waals surface area contributed by atoms with E-state index in [1.54, 1.807) is 0 Å². The summed E-state index contributed by atoms with van der Waals surface area (Å²) in [5.41, 5.74) is 3.42. The minimum absolute atomic E-state index is 0.428.